The zero-order valence-electron chi connectivity index (χ0n) is 19.0. The fourth-order valence-electron chi connectivity index (χ4n) is 5.16. The lowest BCUT2D eigenvalue weighted by Crippen LogP contribution is -2.56. The van der Waals surface area contributed by atoms with Gasteiger partial charge in [0.05, 0.1) is 0 Å². The molecule has 2 fully saturated rings. The summed E-state index contributed by atoms with van der Waals surface area (Å²) in [6.45, 7) is 12.4. The Balaban J connectivity index is 1.30. The predicted octanol–water partition coefficient (Wildman–Crippen LogP) is 4.77. The Bertz CT molecular complexity index is 885. The normalized spacial score (nSPS) is 21.4. The quantitative estimate of drug-likeness (QED) is 0.686. The third kappa shape index (κ3) is 5.14. The van der Waals surface area contributed by atoms with E-state index in [1.807, 2.05) is 44.2 Å². The average molecular weight is 440 g/mol. The fourth-order valence-corrected chi connectivity index (χ4v) is 5.28. The van der Waals surface area contributed by atoms with Crippen molar-refractivity contribution in [1.82, 2.24) is 14.7 Å². The average Bonchev–Trinajstić information content (AvgIpc) is 2.76. The van der Waals surface area contributed by atoms with E-state index in [0.29, 0.717) is 12.1 Å². The number of hydrogen-bond donors (Lipinski definition) is 0. The summed E-state index contributed by atoms with van der Waals surface area (Å²) >= 11 is 6.02. The van der Waals surface area contributed by atoms with E-state index in [1.165, 1.54) is 5.56 Å². The van der Waals surface area contributed by atoms with E-state index in [4.69, 9.17) is 11.6 Å². The molecule has 1 atom stereocenters. The van der Waals surface area contributed by atoms with Crippen LogP contribution in [0.3, 0.4) is 0 Å². The van der Waals surface area contributed by atoms with Crippen LogP contribution >= 0.6 is 11.6 Å². The minimum Gasteiger partial charge on any atom is -0.339 e. The van der Waals surface area contributed by atoms with Gasteiger partial charge in [0.15, 0.2) is 0 Å². The summed E-state index contributed by atoms with van der Waals surface area (Å²) in [5, 5.41) is 0.795. The minimum atomic E-state index is 0.204. The first-order valence-corrected chi connectivity index (χ1v) is 11.9. The first-order chi connectivity index (χ1) is 14.9. The molecule has 0 bridgehead atoms. The lowest BCUT2D eigenvalue weighted by molar-refractivity contribution is 0.0259. The van der Waals surface area contributed by atoms with E-state index >= 15 is 0 Å². The molecule has 2 aliphatic rings. The number of piperidine rings is 1. The number of halogens is 1. The summed E-state index contributed by atoms with van der Waals surface area (Å²) in [5.74, 6) is 0.204. The monoisotopic (exact) mass is 439 g/mol. The molecule has 2 saturated heterocycles. The van der Waals surface area contributed by atoms with Crippen LogP contribution in [0.25, 0.3) is 0 Å². The van der Waals surface area contributed by atoms with Gasteiger partial charge in [0.2, 0.25) is 0 Å². The molecule has 4 rings (SSSR count). The highest BCUT2D eigenvalue weighted by Crippen LogP contribution is 2.24. The predicted molar refractivity (Wildman–Crippen MR) is 128 cm³/mol. The maximum Gasteiger partial charge on any atom is 0.254 e. The number of carbonyl (C=O) groups excluding carboxylic acids is 1. The number of carbonyl (C=O) groups is 1. The van der Waals surface area contributed by atoms with E-state index < -0.39 is 0 Å². The molecule has 2 heterocycles. The largest absolute Gasteiger partial charge is 0.339 e. The first kappa shape index (κ1) is 22.3. The summed E-state index contributed by atoms with van der Waals surface area (Å²) in [7, 11) is 0. The Labute approximate surface area is 191 Å². The highest BCUT2D eigenvalue weighted by atomic mass is 35.5. The van der Waals surface area contributed by atoms with Crippen LogP contribution in [0.4, 0.5) is 0 Å². The van der Waals surface area contributed by atoms with E-state index in [2.05, 4.69) is 33.8 Å². The van der Waals surface area contributed by atoms with Crippen LogP contribution in [-0.2, 0) is 6.54 Å². The molecule has 0 aromatic heterocycles. The van der Waals surface area contributed by atoms with Gasteiger partial charge in [-0.15, -0.1) is 0 Å². The zero-order valence-corrected chi connectivity index (χ0v) is 19.7. The highest BCUT2D eigenvalue weighted by Gasteiger charge is 2.32. The third-order valence-electron chi connectivity index (χ3n) is 7.06. The second kappa shape index (κ2) is 9.72. The Morgan fingerprint density at radius 1 is 0.968 bits per heavy atom. The molecule has 0 aliphatic carbocycles. The number of piperazine rings is 1. The third-order valence-corrected chi connectivity index (χ3v) is 7.31. The van der Waals surface area contributed by atoms with Gasteiger partial charge in [0, 0.05) is 61.9 Å². The lowest BCUT2D eigenvalue weighted by Gasteiger charge is -2.45. The van der Waals surface area contributed by atoms with E-state index in [-0.39, 0.29) is 5.91 Å². The van der Waals surface area contributed by atoms with Crippen molar-refractivity contribution in [3.05, 3.63) is 69.7 Å². The molecular weight excluding hydrogens is 406 g/mol. The summed E-state index contributed by atoms with van der Waals surface area (Å²) < 4.78 is 0. The molecule has 2 aromatic rings. The number of amides is 1. The number of benzene rings is 2. The molecule has 0 radical (unpaired) electrons. The smallest absolute Gasteiger partial charge is 0.254 e. The molecule has 2 aromatic carbocycles. The number of aryl methyl sites for hydroxylation is 2. The fraction of sp³-hybridized carbons (Fsp3) is 0.500. The van der Waals surface area contributed by atoms with Crippen molar-refractivity contribution in [3.63, 3.8) is 0 Å². The maximum absolute atomic E-state index is 13.1. The van der Waals surface area contributed by atoms with Crippen LogP contribution in [0.2, 0.25) is 5.02 Å². The van der Waals surface area contributed by atoms with Gasteiger partial charge < -0.3 is 4.90 Å². The minimum absolute atomic E-state index is 0.204. The maximum atomic E-state index is 13.1. The SMILES string of the molecule is Cc1cccc(C)c1C(=O)N1CCC(N2CCN(Cc3ccc(Cl)cc3)C(C)C2)CC1. The lowest BCUT2D eigenvalue weighted by atomic mass is 9.97. The van der Waals surface area contributed by atoms with E-state index in [0.717, 1.165) is 73.8 Å². The molecule has 2 aliphatic heterocycles. The van der Waals surface area contributed by atoms with Gasteiger partial charge in [-0.05, 0) is 62.4 Å². The van der Waals surface area contributed by atoms with Gasteiger partial charge in [0.1, 0.15) is 0 Å². The van der Waals surface area contributed by atoms with Gasteiger partial charge in [-0.1, -0.05) is 41.9 Å². The highest BCUT2D eigenvalue weighted by molar-refractivity contribution is 6.30. The van der Waals surface area contributed by atoms with Crippen LogP contribution in [-0.4, -0.2) is 65.4 Å². The van der Waals surface area contributed by atoms with Crippen molar-refractivity contribution in [1.29, 1.82) is 0 Å². The Morgan fingerprint density at radius 3 is 2.23 bits per heavy atom. The molecule has 0 saturated carbocycles. The summed E-state index contributed by atoms with van der Waals surface area (Å²) in [6, 6.07) is 15.4. The number of likely N-dealkylation sites (tertiary alicyclic amines) is 1. The van der Waals surface area contributed by atoms with Gasteiger partial charge in [-0.2, -0.15) is 0 Å². The summed E-state index contributed by atoms with van der Waals surface area (Å²) in [5.41, 5.74) is 4.38. The number of nitrogens with zero attached hydrogens (tertiary/aromatic N) is 3. The molecular formula is C26H34ClN3O. The van der Waals surface area contributed by atoms with Gasteiger partial charge in [-0.25, -0.2) is 0 Å². The second-order valence-corrected chi connectivity index (χ2v) is 9.67. The molecule has 4 nitrogen and oxygen atoms in total. The summed E-state index contributed by atoms with van der Waals surface area (Å²) in [4.78, 5) is 20.4. The standard InChI is InChI=1S/C26H34ClN3O/c1-19-5-4-6-20(2)25(19)26(31)28-13-11-24(12-14-28)30-16-15-29(21(3)17-30)18-22-7-9-23(27)10-8-22/h4-10,21,24H,11-18H2,1-3H3. The van der Waals surface area contributed by atoms with Crippen LogP contribution in [0.5, 0.6) is 0 Å². The zero-order chi connectivity index (χ0) is 22.0. The molecule has 1 amide bonds. The van der Waals surface area contributed by atoms with E-state index in [1.54, 1.807) is 0 Å². The number of hydrogen-bond acceptors (Lipinski definition) is 3. The molecule has 31 heavy (non-hydrogen) atoms. The van der Waals surface area contributed by atoms with Crippen LogP contribution in [0, 0.1) is 13.8 Å². The molecule has 166 valence electrons. The Kier molecular flexibility index (Phi) is 7.00. The molecule has 5 heteroatoms. The first-order valence-electron chi connectivity index (χ1n) is 11.5. The van der Waals surface area contributed by atoms with Crippen molar-refractivity contribution in [2.24, 2.45) is 0 Å². The Morgan fingerprint density at radius 2 is 1.61 bits per heavy atom. The van der Waals surface area contributed by atoms with Gasteiger partial charge in [0.25, 0.3) is 5.91 Å². The molecule has 1 unspecified atom stereocenters. The van der Waals surface area contributed by atoms with Crippen molar-refractivity contribution >= 4 is 17.5 Å². The van der Waals surface area contributed by atoms with Crippen LogP contribution in [0.15, 0.2) is 42.5 Å². The second-order valence-electron chi connectivity index (χ2n) is 9.23. The van der Waals surface area contributed by atoms with Crippen molar-refractivity contribution in [3.8, 4) is 0 Å². The molecule has 0 spiro atoms. The summed E-state index contributed by atoms with van der Waals surface area (Å²) in [6.07, 6.45) is 2.14. The topological polar surface area (TPSA) is 26.8 Å². The number of rotatable bonds is 4. The van der Waals surface area contributed by atoms with Gasteiger partial charge in [-0.3, -0.25) is 14.6 Å². The van der Waals surface area contributed by atoms with Crippen molar-refractivity contribution < 1.29 is 4.79 Å². The Hall–Kier alpha value is -1.88. The van der Waals surface area contributed by atoms with E-state index in [9.17, 15) is 4.79 Å². The molecule has 0 N–H and O–H groups in total. The van der Waals surface area contributed by atoms with Crippen molar-refractivity contribution in [2.45, 2.75) is 52.2 Å². The van der Waals surface area contributed by atoms with Crippen LogP contribution in [0.1, 0.15) is 46.8 Å². The van der Waals surface area contributed by atoms with Crippen molar-refractivity contribution in [2.75, 3.05) is 32.7 Å². The van der Waals surface area contributed by atoms with Gasteiger partial charge >= 0.3 is 0 Å². The van der Waals surface area contributed by atoms with Crippen LogP contribution < -0.4 is 0 Å².